The average Bonchev–Trinajstić information content (AvgIpc) is 2.57. The van der Waals surface area contributed by atoms with Crippen LogP contribution in [0.2, 0.25) is 0 Å². The molecule has 0 aliphatic heterocycles. The number of fused-ring (bicyclic) bond motifs is 1. The summed E-state index contributed by atoms with van der Waals surface area (Å²) >= 11 is 0. The van der Waals surface area contributed by atoms with E-state index in [1.165, 1.54) is 32.1 Å². The highest BCUT2D eigenvalue weighted by Gasteiger charge is 2.20. The van der Waals surface area contributed by atoms with Crippen molar-refractivity contribution in [1.82, 2.24) is 5.32 Å². The van der Waals surface area contributed by atoms with Gasteiger partial charge in [0.05, 0.1) is 0 Å². The molecule has 0 heterocycles. The van der Waals surface area contributed by atoms with E-state index < -0.39 is 6.10 Å². The minimum Gasteiger partial charge on any atom is -0.480 e. The van der Waals surface area contributed by atoms with Crippen molar-refractivity contribution >= 4 is 16.7 Å². The highest BCUT2D eigenvalue weighted by molar-refractivity contribution is 5.89. The van der Waals surface area contributed by atoms with Gasteiger partial charge in [0.2, 0.25) is 0 Å². The first-order valence-electron chi connectivity index (χ1n) is 9.19. The van der Waals surface area contributed by atoms with Crippen LogP contribution >= 0.6 is 0 Å². The summed E-state index contributed by atoms with van der Waals surface area (Å²) in [6.07, 6.45) is 8.03. The van der Waals surface area contributed by atoms with Crippen molar-refractivity contribution in [1.29, 1.82) is 0 Å². The van der Waals surface area contributed by atoms with Crippen LogP contribution in [-0.4, -0.2) is 18.1 Å². The molecule has 0 radical (unpaired) electrons. The van der Waals surface area contributed by atoms with Gasteiger partial charge >= 0.3 is 0 Å². The molecule has 3 heteroatoms. The summed E-state index contributed by atoms with van der Waals surface area (Å²) in [5.74, 6) is 0.766. The van der Waals surface area contributed by atoms with Crippen LogP contribution in [0.3, 0.4) is 0 Å². The first-order valence-corrected chi connectivity index (χ1v) is 9.19. The third-order valence-electron chi connectivity index (χ3n) is 4.87. The molecule has 0 unspecified atom stereocenters. The molecule has 1 aliphatic carbocycles. The van der Waals surface area contributed by atoms with Crippen molar-refractivity contribution in [3.63, 3.8) is 0 Å². The number of hydrogen-bond donors (Lipinski definition) is 1. The number of carbonyl (C=O) groups is 1. The first-order chi connectivity index (χ1) is 11.7. The van der Waals surface area contributed by atoms with Crippen molar-refractivity contribution in [2.75, 3.05) is 0 Å². The van der Waals surface area contributed by atoms with E-state index in [1.807, 2.05) is 37.3 Å². The second kappa shape index (κ2) is 8.18. The van der Waals surface area contributed by atoms with Gasteiger partial charge in [-0.15, -0.1) is 0 Å². The molecule has 128 valence electrons. The second-order valence-electron chi connectivity index (χ2n) is 6.79. The van der Waals surface area contributed by atoms with Gasteiger partial charge in [-0.05, 0) is 31.2 Å². The van der Waals surface area contributed by atoms with Crippen LogP contribution in [0.1, 0.15) is 51.9 Å². The average molecular weight is 325 g/mol. The minimum atomic E-state index is -0.485. The lowest BCUT2D eigenvalue weighted by atomic mass is 9.96. The van der Waals surface area contributed by atoms with Crippen molar-refractivity contribution in [2.24, 2.45) is 0 Å². The van der Waals surface area contributed by atoms with Crippen LogP contribution in [0.25, 0.3) is 10.8 Å². The number of carbonyl (C=O) groups excluding carboxylic acids is 1. The smallest absolute Gasteiger partial charge is 0.260 e. The summed E-state index contributed by atoms with van der Waals surface area (Å²) < 4.78 is 5.97. The Hall–Kier alpha value is -2.03. The fraction of sp³-hybridized carbons (Fsp3) is 0.476. The van der Waals surface area contributed by atoms with E-state index in [9.17, 15) is 4.79 Å². The normalized spacial score (nSPS) is 17.7. The molecule has 3 nitrogen and oxygen atoms in total. The molecule has 2 aromatic rings. The third kappa shape index (κ3) is 4.28. The molecular formula is C21H27NO2. The zero-order chi connectivity index (χ0) is 16.8. The van der Waals surface area contributed by atoms with Crippen molar-refractivity contribution in [3.05, 3.63) is 42.5 Å². The minimum absolute atomic E-state index is 0.00601. The number of ether oxygens (including phenoxy) is 1. The Morgan fingerprint density at radius 2 is 1.67 bits per heavy atom. The molecule has 1 fully saturated rings. The molecule has 3 rings (SSSR count). The lowest BCUT2D eigenvalue weighted by Gasteiger charge is -2.23. The number of hydrogen-bond acceptors (Lipinski definition) is 2. The molecule has 0 bridgehead atoms. The van der Waals surface area contributed by atoms with E-state index in [1.54, 1.807) is 0 Å². The van der Waals surface area contributed by atoms with Gasteiger partial charge in [-0.3, -0.25) is 4.79 Å². The molecule has 1 amide bonds. The Balaban J connectivity index is 1.62. The topological polar surface area (TPSA) is 38.3 Å². The van der Waals surface area contributed by atoms with Gasteiger partial charge in [0, 0.05) is 11.4 Å². The summed E-state index contributed by atoms with van der Waals surface area (Å²) in [4.78, 5) is 12.5. The van der Waals surface area contributed by atoms with E-state index >= 15 is 0 Å². The first kappa shape index (κ1) is 16.8. The second-order valence-corrected chi connectivity index (χ2v) is 6.79. The summed E-state index contributed by atoms with van der Waals surface area (Å²) in [5.41, 5.74) is 0. The maximum absolute atomic E-state index is 12.5. The van der Waals surface area contributed by atoms with Crippen LogP contribution in [0.4, 0.5) is 0 Å². The zero-order valence-electron chi connectivity index (χ0n) is 14.5. The molecule has 1 saturated carbocycles. The van der Waals surface area contributed by atoms with E-state index in [0.717, 1.165) is 29.4 Å². The van der Waals surface area contributed by atoms with E-state index in [0.29, 0.717) is 6.04 Å². The third-order valence-corrected chi connectivity index (χ3v) is 4.87. The quantitative estimate of drug-likeness (QED) is 0.874. The van der Waals surface area contributed by atoms with Crippen LogP contribution in [0.15, 0.2) is 42.5 Å². The summed E-state index contributed by atoms with van der Waals surface area (Å²) in [7, 11) is 0. The molecule has 1 N–H and O–H groups in total. The summed E-state index contributed by atoms with van der Waals surface area (Å²) in [5, 5.41) is 5.37. The van der Waals surface area contributed by atoms with Gasteiger partial charge in [0.15, 0.2) is 6.10 Å². The predicted molar refractivity (Wildman–Crippen MR) is 98.3 cm³/mol. The summed E-state index contributed by atoms with van der Waals surface area (Å²) in [6.45, 7) is 1.83. The van der Waals surface area contributed by atoms with Crippen molar-refractivity contribution in [2.45, 2.75) is 64.0 Å². The lowest BCUT2D eigenvalue weighted by Crippen LogP contribution is -2.42. The van der Waals surface area contributed by atoms with Gasteiger partial charge < -0.3 is 10.1 Å². The largest absolute Gasteiger partial charge is 0.480 e. The van der Waals surface area contributed by atoms with E-state index in [-0.39, 0.29) is 5.91 Å². The Labute approximate surface area is 144 Å². The number of benzene rings is 2. The maximum Gasteiger partial charge on any atom is 0.260 e. The standard InChI is InChI=1S/C21H27NO2/c1-16(21(23)22-18-12-5-3-2-4-6-13-18)24-20-15-9-11-17-10-7-8-14-19(17)20/h7-11,14-16,18H,2-6,12-13H2,1H3,(H,22,23)/t16-/m1/s1. The van der Waals surface area contributed by atoms with Crippen molar-refractivity contribution in [3.8, 4) is 5.75 Å². The lowest BCUT2D eigenvalue weighted by molar-refractivity contribution is -0.128. The van der Waals surface area contributed by atoms with Gasteiger partial charge in [0.25, 0.3) is 5.91 Å². The fourth-order valence-electron chi connectivity index (χ4n) is 3.46. The number of nitrogens with one attached hydrogen (secondary N) is 1. The Morgan fingerprint density at radius 3 is 2.46 bits per heavy atom. The molecule has 0 spiro atoms. The SMILES string of the molecule is C[C@@H](Oc1cccc2ccccc12)C(=O)NC1CCCCCCC1. The fourth-order valence-corrected chi connectivity index (χ4v) is 3.46. The van der Waals surface area contributed by atoms with Crippen LogP contribution in [-0.2, 0) is 4.79 Å². The highest BCUT2D eigenvalue weighted by atomic mass is 16.5. The van der Waals surface area contributed by atoms with Gasteiger partial charge in [-0.2, -0.15) is 0 Å². The van der Waals surface area contributed by atoms with E-state index in [2.05, 4.69) is 17.4 Å². The van der Waals surface area contributed by atoms with E-state index in [4.69, 9.17) is 4.74 Å². The predicted octanol–water partition coefficient (Wildman–Crippen LogP) is 4.84. The Morgan fingerprint density at radius 1 is 1.00 bits per heavy atom. The van der Waals surface area contributed by atoms with Crippen LogP contribution < -0.4 is 10.1 Å². The Bertz CT molecular complexity index is 669. The van der Waals surface area contributed by atoms with Crippen molar-refractivity contribution < 1.29 is 9.53 Å². The molecule has 2 aromatic carbocycles. The summed E-state index contributed by atoms with van der Waals surface area (Å²) in [6, 6.07) is 14.4. The molecule has 1 atom stereocenters. The molecule has 0 saturated heterocycles. The molecule has 24 heavy (non-hydrogen) atoms. The van der Waals surface area contributed by atoms with Crippen LogP contribution in [0, 0.1) is 0 Å². The molecule has 1 aliphatic rings. The molecular weight excluding hydrogens is 298 g/mol. The zero-order valence-corrected chi connectivity index (χ0v) is 14.5. The number of rotatable bonds is 4. The molecule has 0 aromatic heterocycles. The maximum atomic E-state index is 12.5. The number of amides is 1. The van der Waals surface area contributed by atoms with Gasteiger partial charge in [-0.1, -0.05) is 68.5 Å². The van der Waals surface area contributed by atoms with Crippen LogP contribution in [0.5, 0.6) is 5.75 Å². The van der Waals surface area contributed by atoms with Gasteiger partial charge in [-0.25, -0.2) is 0 Å². The van der Waals surface area contributed by atoms with Gasteiger partial charge in [0.1, 0.15) is 5.75 Å². The monoisotopic (exact) mass is 325 g/mol. The highest BCUT2D eigenvalue weighted by Crippen LogP contribution is 2.26. The Kier molecular flexibility index (Phi) is 5.73.